The summed E-state index contributed by atoms with van der Waals surface area (Å²) in [6.07, 6.45) is 0. The van der Waals surface area contributed by atoms with Crippen LogP contribution in [0.2, 0.25) is 0 Å². The molecular formula is C11H15FO. The monoisotopic (exact) mass is 182 g/mol. The van der Waals surface area contributed by atoms with Crippen molar-refractivity contribution in [1.82, 2.24) is 0 Å². The van der Waals surface area contributed by atoms with Crippen LogP contribution in [0.25, 0.3) is 0 Å². The van der Waals surface area contributed by atoms with E-state index in [-0.39, 0.29) is 0 Å². The lowest BCUT2D eigenvalue weighted by Crippen LogP contribution is -2.09. The van der Waals surface area contributed by atoms with Crippen molar-refractivity contribution >= 4 is 0 Å². The first-order valence-corrected chi connectivity index (χ1v) is 4.29. The molecule has 0 atom stereocenters. The van der Waals surface area contributed by atoms with E-state index in [1.807, 2.05) is 13.0 Å². The van der Waals surface area contributed by atoms with Gasteiger partial charge >= 0.3 is 0 Å². The van der Waals surface area contributed by atoms with Gasteiger partial charge < -0.3 is 4.74 Å². The standard InChI is InChI=1S/C11H15FO/c1-8-7-9(11(2,3)12)5-6-10(8)13-4/h5-7H,1-4H3. The first-order valence-electron chi connectivity index (χ1n) is 4.29. The highest BCUT2D eigenvalue weighted by molar-refractivity contribution is 5.37. The molecule has 0 aliphatic carbocycles. The summed E-state index contributed by atoms with van der Waals surface area (Å²) < 4.78 is 18.6. The fraction of sp³-hybridized carbons (Fsp3) is 0.455. The summed E-state index contributed by atoms with van der Waals surface area (Å²) in [6.45, 7) is 5.01. The lowest BCUT2D eigenvalue weighted by atomic mass is 9.98. The molecule has 0 saturated carbocycles. The van der Waals surface area contributed by atoms with Crippen molar-refractivity contribution in [3.63, 3.8) is 0 Å². The number of alkyl halides is 1. The lowest BCUT2D eigenvalue weighted by Gasteiger charge is -2.16. The maximum absolute atomic E-state index is 13.5. The Morgan fingerprint density at radius 3 is 2.31 bits per heavy atom. The molecule has 1 aromatic carbocycles. The highest BCUT2D eigenvalue weighted by atomic mass is 19.1. The summed E-state index contributed by atoms with van der Waals surface area (Å²) in [6, 6.07) is 5.37. The van der Waals surface area contributed by atoms with E-state index >= 15 is 0 Å². The smallest absolute Gasteiger partial charge is 0.130 e. The zero-order valence-electron chi connectivity index (χ0n) is 8.52. The normalized spacial score (nSPS) is 11.5. The molecule has 0 heterocycles. The predicted octanol–water partition coefficient (Wildman–Crippen LogP) is 3.21. The molecule has 0 saturated heterocycles. The van der Waals surface area contributed by atoms with Gasteiger partial charge in [-0.15, -0.1) is 0 Å². The third kappa shape index (κ3) is 2.20. The highest BCUT2D eigenvalue weighted by Gasteiger charge is 2.19. The molecule has 1 aromatic rings. The molecule has 72 valence electrons. The van der Waals surface area contributed by atoms with Gasteiger partial charge in [0, 0.05) is 0 Å². The number of halogens is 1. The minimum Gasteiger partial charge on any atom is -0.496 e. The second-order valence-corrected chi connectivity index (χ2v) is 3.66. The second-order valence-electron chi connectivity index (χ2n) is 3.66. The molecule has 0 N–H and O–H groups in total. The summed E-state index contributed by atoms with van der Waals surface area (Å²) >= 11 is 0. The highest BCUT2D eigenvalue weighted by Crippen LogP contribution is 2.28. The number of ether oxygens (including phenoxy) is 1. The summed E-state index contributed by atoms with van der Waals surface area (Å²) in [7, 11) is 1.61. The summed E-state index contributed by atoms with van der Waals surface area (Å²) in [4.78, 5) is 0. The van der Waals surface area contributed by atoms with Crippen molar-refractivity contribution in [1.29, 1.82) is 0 Å². The first kappa shape index (κ1) is 10.0. The zero-order chi connectivity index (χ0) is 10.1. The molecule has 1 rings (SSSR count). The van der Waals surface area contributed by atoms with Crippen molar-refractivity contribution in [3.05, 3.63) is 29.3 Å². The van der Waals surface area contributed by atoms with E-state index in [9.17, 15) is 4.39 Å². The van der Waals surface area contributed by atoms with E-state index in [0.717, 1.165) is 11.3 Å². The van der Waals surface area contributed by atoms with E-state index in [1.165, 1.54) is 0 Å². The van der Waals surface area contributed by atoms with Crippen LogP contribution in [0, 0.1) is 6.92 Å². The molecule has 0 unspecified atom stereocenters. The van der Waals surface area contributed by atoms with Crippen LogP contribution in [0.4, 0.5) is 4.39 Å². The fourth-order valence-corrected chi connectivity index (χ4v) is 1.25. The number of hydrogen-bond donors (Lipinski definition) is 0. The number of benzene rings is 1. The van der Waals surface area contributed by atoms with E-state index in [2.05, 4.69) is 0 Å². The van der Waals surface area contributed by atoms with Crippen LogP contribution in [0.15, 0.2) is 18.2 Å². The van der Waals surface area contributed by atoms with Crippen molar-refractivity contribution in [2.75, 3.05) is 7.11 Å². The van der Waals surface area contributed by atoms with Crippen LogP contribution in [0.5, 0.6) is 5.75 Å². The number of rotatable bonds is 2. The zero-order valence-corrected chi connectivity index (χ0v) is 8.52. The molecule has 0 amide bonds. The van der Waals surface area contributed by atoms with Gasteiger partial charge in [0.05, 0.1) is 7.11 Å². The Morgan fingerprint density at radius 1 is 1.31 bits per heavy atom. The van der Waals surface area contributed by atoms with E-state index in [4.69, 9.17) is 4.74 Å². The molecule has 0 bridgehead atoms. The SMILES string of the molecule is COc1ccc(C(C)(C)F)cc1C. The summed E-state index contributed by atoms with van der Waals surface area (Å²) in [5, 5.41) is 0. The van der Waals surface area contributed by atoms with Crippen LogP contribution in [0.3, 0.4) is 0 Å². The van der Waals surface area contributed by atoms with Gasteiger partial charge in [-0.3, -0.25) is 0 Å². The predicted molar refractivity (Wildman–Crippen MR) is 51.9 cm³/mol. The molecule has 2 heteroatoms. The Labute approximate surface area is 78.5 Å². The first-order chi connectivity index (χ1) is 5.95. The Hall–Kier alpha value is -1.05. The quantitative estimate of drug-likeness (QED) is 0.682. The van der Waals surface area contributed by atoms with Crippen LogP contribution < -0.4 is 4.74 Å². The number of hydrogen-bond acceptors (Lipinski definition) is 1. The van der Waals surface area contributed by atoms with E-state index in [0.29, 0.717) is 5.56 Å². The van der Waals surface area contributed by atoms with Crippen LogP contribution in [-0.4, -0.2) is 7.11 Å². The van der Waals surface area contributed by atoms with Gasteiger partial charge in [0.2, 0.25) is 0 Å². The molecule has 0 fully saturated rings. The Bertz CT molecular complexity index is 299. The van der Waals surface area contributed by atoms with Gasteiger partial charge in [-0.25, -0.2) is 4.39 Å². The molecular weight excluding hydrogens is 167 g/mol. The lowest BCUT2D eigenvalue weighted by molar-refractivity contribution is 0.221. The molecule has 0 aliphatic rings. The number of aryl methyl sites for hydroxylation is 1. The van der Waals surface area contributed by atoms with Crippen LogP contribution in [0.1, 0.15) is 25.0 Å². The van der Waals surface area contributed by atoms with Crippen molar-refractivity contribution in [3.8, 4) is 5.75 Å². The van der Waals surface area contributed by atoms with Gasteiger partial charge in [-0.1, -0.05) is 6.07 Å². The summed E-state index contributed by atoms with van der Waals surface area (Å²) in [5.41, 5.74) is 0.369. The molecule has 0 radical (unpaired) electrons. The van der Waals surface area contributed by atoms with Gasteiger partial charge in [0.15, 0.2) is 0 Å². The van der Waals surface area contributed by atoms with E-state index < -0.39 is 5.67 Å². The van der Waals surface area contributed by atoms with Gasteiger partial charge in [-0.2, -0.15) is 0 Å². The summed E-state index contributed by atoms with van der Waals surface area (Å²) in [5.74, 6) is 0.799. The molecule has 0 aliphatic heterocycles. The average molecular weight is 182 g/mol. The third-order valence-electron chi connectivity index (χ3n) is 2.08. The van der Waals surface area contributed by atoms with Crippen LogP contribution in [-0.2, 0) is 5.67 Å². The second kappa shape index (κ2) is 3.36. The minimum atomic E-state index is -1.28. The van der Waals surface area contributed by atoms with Crippen LogP contribution >= 0.6 is 0 Å². The molecule has 0 spiro atoms. The van der Waals surface area contributed by atoms with Gasteiger partial charge in [0.25, 0.3) is 0 Å². The van der Waals surface area contributed by atoms with Crippen molar-refractivity contribution in [2.45, 2.75) is 26.4 Å². The molecule has 1 nitrogen and oxygen atoms in total. The third-order valence-corrected chi connectivity index (χ3v) is 2.08. The van der Waals surface area contributed by atoms with Crippen molar-refractivity contribution < 1.29 is 9.13 Å². The topological polar surface area (TPSA) is 9.23 Å². The molecule has 13 heavy (non-hydrogen) atoms. The Morgan fingerprint density at radius 2 is 1.92 bits per heavy atom. The van der Waals surface area contributed by atoms with E-state index in [1.54, 1.807) is 33.1 Å². The van der Waals surface area contributed by atoms with Gasteiger partial charge in [-0.05, 0) is 44.0 Å². The maximum atomic E-state index is 13.5. The Balaban J connectivity index is 3.10. The van der Waals surface area contributed by atoms with Gasteiger partial charge in [0.1, 0.15) is 11.4 Å². The van der Waals surface area contributed by atoms with Crippen molar-refractivity contribution in [2.24, 2.45) is 0 Å². The largest absolute Gasteiger partial charge is 0.496 e. The maximum Gasteiger partial charge on any atom is 0.130 e. The molecule has 0 aromatic heterocycles. The number of methoxy groups -OCH3 is 1. The Kier molecular flexibility index (Phi) is 2.60. The minimum absolute atomic E-state index is 0.686. The average Bonchev–Trinajstić information content (AvgIpc) is 2.02. The fourth-order valence-electron chi connectivity index (χ4n) is 1.25.